The maximum absolute atomic E-state index is 12.6. The molecule has 2 saturated heterocycles. The van der Waals surface area contributed by atoms with Crippen molar-refractivity contribution in [1.29, 1.82) is 0 Å². The van der Waals surface area contributed by atoms with Crippen molar-refractivity contribution in [2.45, 2.75) is 44.4 Å². The Kier molecular flexibility index (Phi) is 8.36. The first-order valence-corrected chi connectivity index (χ1v) is 14.0. The summed E-state index contributed by atoms with van der Waals surface area (Å²) in [7, 11) is 0. The highest BCUT2D eigenvalue weighted by Crippen LogP contribution is 2.33. The van der Waals surface area contributed by atoms with E-state index in [-0.39, 0.29) is 5.91 Å². The highest BCUT2D eigenvalue weighted by atomic mass is 35.5. The zero-order chi connectivity index (χ0) is 24.9. The molecule has 1 N–H and O–H groups in total. The van der Waals surface area contributed by atoms with Crippen LogP contribution in [-0.2, 0) is 4.79 Å². The molecule has 190 valence electrons. The predicted molar refractivity (Wildman–Crippen MR) is 151 cm³/mol. The minimum absolute atomic E-state index is 0.0811. The summed E-state index contributed by atoms with van der Waals surface area (Å²) in [6.07, 6.45) is 12.9. The molecule has 4 nitrogen and oxygen atoms in total. The summed E-state index contributed by atoms with van der Waals surface area (Å²) >= 11 is 12.0. The molecule has 1 amide bonds. The largest absolute Gasteiger partial charge is 0.361 e. The number of halogens is 2. The van der Waals surface area contributed by atoms with E-state index in [0.29, 0.717) is 16.0 Å². The number of benzene rings is 2. The number of nitrogens with one attached hydrogen (secondary N) is 1. The molecule has 1 aromatic heterocycles. The molecule has 2 aliphatic rings. The molecule has 0 spiro atoms. The van der Waals surface area contributed by atoms with Crippen molar-refractivity contribution < 1.29 is 4.79 Å². The molecule has 0 atom stereocenters. The highest BCUT2D eigenvalue weighted by molar-refractivity contribution is 6.42. The minimum Gasteiger partial charge on any atom is -0.361 e. The van der Waals surface area contributed by atoms with Crippen molar-refractivity contribution >= 4 is 46.1 Å². The van der Waals surface area contributed by atoms with Gasteiger partial charge in [0.05, 0.1) is 10.0 Å². The number of aromatic nitrogens is 1. The number of aromatic amines is 1. The first-order chi connectivity index (χ1) is 17.6. The van der Waals surface area contributed by atoms with Crippen LogP contribution in [0, 0.1) is 5.92 Å². The standard InChI is InChI=1S/C30H35Cl2N3O/c31-27-9-7-23(20-28(27)32)8-10-30(36)35-18-11-22(12-19-35)4-3-15-34-16-13-24(14-17-34)26-21-33-29-6-2-1-5-25(26)29/h1-2,5-10,20-22,24,33H,3-4,11-19H2/b10-8+. The molecule has 6 heteroatoms. The minimum atomic E-state index is 0.0811. The van der Waals surface area contributed by atoms with Gasteiger partial charge in [-0.15, -0.1) is 0 Å². The van der Waals surface area contributed by atoms with Crippen molar-refractivity contribution in [2.24, 2.45) is 5.92 Å². The third kappa shape index (κ3) is 6.16. The second-order valence-corrected chi connectivity index (χ2v) is 11.1. The molecule has 3 heterocycles. The molecule has 3 aromatic rings. The van der Waals surface area contributed by atoms with Gasteiger partial charge in [-0.1, -0.05) is 47.5 Å². The Morgan fingerprint density at radius 3 is 2.53 bits per heavy atom. The lowest BCUT2D eigenvalue weighted by Crippen LogP contribution is -2.38. The number of carbonyl (C=O) groups is 1. The molecule has 0 unspecified atom stereocenters. The van der Waals surface area contributed by atoms with Gasteiger partial charge in [-0.2, -0.15) is 0 Å². The van der Waals surface area contributed by atoms with Crippen LogP contribution >= 0.6 is 23.2 Å². The van der Waals surface area contributed by atoms with E-state index in [9.17, 15) is 4.79 Å². The second kappa shape index (κ2) is 11.9. The molecule has 36 heavy (non-hydrogen) atoms. The maximum Gasteiger partial charge on any atom is 0.246 e. The quantitative estimate of drug-likeness (QED) is 0.328. The number of para-hydroxylation sites is 1. The average Bonchev–Trinajstić information content (AvgIpc) is 3.34. The Hall–Kier alpha value is -2.27. The number of H-pyrrole nitrogens is 1. The SMILES string of the molecule is O=C(/C=C/c1ccc(Cl)c(Cl)c1)N1CCC(CCCN2CCC(c3c[nH]c4ccccc34)CC2)CC1. The van der Waals surface area contributed by atoms with Gasteiger partial charge >= 0.3 is 0 Å². The number of piperidine rings is 2. The summed E-state index contributed by atoms with van der Waals surface area (Å²) in [4.78, 5) is 20.7. The molecule has 0 aliphatic carbocycles. The fourth-order valence-electron chi connectivity index (χ4n) is 5.83. The van der Waals surface area contributed by atoms with Gasteiger partial charge < -0.3 is 14.8 Å². The fraction of sp³-hybridized carbons (Fsp3) is 0.433. The van der Waals surface area contributed by atoms with E-state index in [1.807, 2.05) is 17.0 Å². The van der Waals surface area contributed by atoms with Gasteiger partial charge in [-0.3, -0.25) is 4.79 Å². The summed E-state index contributed by atoms with van der Waals surface area (Å²) in [6, 6.07) is 14.1. The summed E-state index contributed by atoms with van der Waals surface area (Å²) in [5.41, 5.74) is 3.64. The van der Waals surface area contributed by atoms with Crippen LogP contribution in [0.3, 0.4) is 0 Å². The number of nitrogens with zero attached hydrogens (tertiary/aromatic N) is 2. The summed E-state index contributed by atoms with van der Waals surface area (Å²) in [5.74, 6) is 1.49. The number of fused-ring (bicyclic) bond motifs is 1. The number of hydrogen-bond donors (Lipinski definition) is 1. The Morgan fingerprint density at radius 1 is 0.972 bits per heavy atom. The predicted octanol–water partition coefficient (Wildman–Crippen LogP) is 7.39. The molecule has 5 rings (SSSR count). The number of amides is 1. The van der Waals surface area contributed by atoms with Crippen molar-refractivity contribution in [3.63, 3.8) is 0 Å². The molecule has 0 saturated carbocycles. The maximum atomic E-state index is 12.6. The number of carbonyl (C=O) groups excluding carboxylic acids is 1. The smallest absolute Gasteiger partial charge is 0.246 e. The van der Waals surface area contributed by atoms with Gasteiger partial charge in [0.15, 0.2) is 0 Å². The van der Waals surface area contributed by atoms with E-state index >= 15 is 0 Å². The fourth-order valence-corrected chi connectivity index (χ4v) is 6.14. The Balaban J connectivity index is 0.998. The summed E-state index contributed by atoms with van der Waals surface area (Å²) < 4.78 is 0. The zero-order valence-corrected chi connectivity index (χ0v) is 22.3. The van der Waals surface area contributed by atoms with Gasteiger partial charge in [0.1, 0.15) is 0 Å². The number of likely N-dealkylation sites (tertiary alicyclic amines) is 2. The Morgan fingerprint density at radius 2 is 1.75 bits per heavy atom. The van der Waals surface area contributed by atoms with Crippen LogP contribution in [0.1, 0.15) is 55.6 Å². The van der Waals surface area contributed by atoms with Gasteiger partial charge in [-0.25, -0.2) is 0 Å². The van der Waals surface area contributed by atoms with E-state index in [4.69, 9.17) is 23.2 Å². The monoisotopic (exact) mass is 523 g/mol. The highest BCUT2D eigenvalue weighted by Gasteiger charge is 2.24. The van der Waals surface area contributed by atoms with Crippen LogP contribution in [0.5, 0.6) is 0 Å². The lowest BCUT2D eigenvalue weighted by molar-refractivity contribution is -0.127. The topological polar surface area (TPSA) is 39.3 Å². The number of rotatable bonds is 7. The molecule has 2 aliphatic heterocycles. The van der Waals surface area contributed by atoms with Gasteiger partial charge in [0, 0.05) is 36.3 Å². The van der Waals surface area contributed by atoms with Crippen LogP contribution in [0.15, 0.2) is 54.7 Å². The van der Waals surface area contributed by atoms with Gasteiger partial charge in [0.2, 0.25) is 5.91 Å². The zero-order valence-electron chi connectivity index (χ0n) is 20.8. The van der Waals surface area contributed by atoms with Crippen LogP contribution in [0.25, 0.3) is 17.0 Å². The first kappa shape index (κ1) is 25.4. The Bertz CT molecular complexity index is 1200. The van der Waals surface area contributed by atoms with Crippen molar-refractivity contribution in [3.8, 4) is 0 Å². The van der Waals surface area contributed by atoms with E-state index in [1.54, 1.807) is 18.2 Å². The number of hydrogen-bond acceptors (Lipinski definition) is 2. The van der Waals surface area contributed by atoms with E-state index in [2.05, 4.69) is 40.3 Å². The van der Waals surface area contributed by atoms with E-state index < -0.39 is 0 Å². The van der Waals surface area contributed by atoms with Crippen LogP contribution in [0.4, 0.5) is 0 Å². The molecule has 0 bridgehead atoms. The molecule has 2 fully saturated rings. The summed E-state index contributed by atoms with van der Waals surface area (Å²) in [6.45, 7) is 5.30. The molecular formula is C30H35Cl2N3O. The third-order valence-corrected chi connectivity index (χ3v) is 8.76. The van der Waals surface area contributed by atoms with E-state index in [1.165, 1.54) is 61.8 Å². The average molecular weight is 525 g/mol. The van der Waals surface area contributed by atoms with E-state index in [0.717, 1.165) is 37.4 Å². The normalized spacial score (nSPS) is 18.4. The third-order valence-electron chi connectivity index (χ3n) is 8.02. The second-order valence-electron chi connectivity index (χ2n) is 10.3. The van der Waals surface area contributed by atoms with Crippen LogP contribution in [-0.4, -0.2) is 53.4 Å². The van der Waals surface area contributed by atoms with Gasteiger partial charge in [-0.05, 0) is 105 Å². The summed E-state index contributed by atoms with van der Waals surface area (Å²) in [5, 5.41) is 2.42. The molecule has 2 aromatic carbocycles. The van der Waals surface area contributed by atoms with Crippen LogP contribution in [0.2, 0.25) is 10.0 Å². The lowest BCUT2D eigenvalue weighted by atomic mass is 9.88. The van der Waals surface area contributed by atoms with Crippen molar-refractivity contribution in [1.82, 2.24) is 14.8 Å². The van der Waals surface area contributed by atoms with Crippen molar-refractivity contribution in [2.75, 3.05) is 32.7 Å². The van der Waals surface area contributed by atoms with Crippen LogP contribution < -0.4 is 0 Å². The first-order valence-electron chi connectivity index (χ1n) is 13.3. The lowest BCUT2D eigenvalue weighted by Gasteiger charge is -2.34. The van der Waals surface area contributed by atoms with Gasteiger partial charge in [0.25, 0.3) is 0 Å². The Labute approximate surface area is 224 Å². The van der Waals surface area contributed by atoms with Crippen molar-refractivity contribution in [3.05, 3.63) is 75.9 Å². The molecular weight excluding hydrogens is 489 g/mol. The molecule has 0 radical (unpaired) electrons.